The molecular weight excluding hydrogens is 232 g/mol. The van der Waals surface area contributed by atoms with Gasteiger partial charge in [-0.1, -0.05) is 5.21 Å². The van der Waals surface area contributed by atoms with Gasteiger partial charge in [0.1, 0.15) is 6.54 Å². The van der Waals surface area contributed by atoms with E-state index in [9.17, 15) is 4.79 Å². The third-order valence-electron chi connectivity index (χ3n) is 3.51. The highest BCUT2D eigenvalue weighted by Gasteiger charge is 2.26. The normalized spacial score (nSPS) is 20.1. The fourth-order valence-electron chi connectivity index (χ4n) is 2.46. The van der Waals surface area contributed by atoms with Crippen molar-refractivity contribution in [2.45, 2.75) is 45.2 Å². The first-order chi connectivity index (χ1) is 8.72. The second-order valence-electron chi connectivity index (χ2n) is 4.78. The van der Waals surface area contributed by atoms with Crippen LogP contribution in [0.15, 0.2) is 6.20 Å². The van der Waals surface area contributed by atoms with Gasteiger partial charge >= 0.3 is 0 Å². The van der Waals surface area contributed by atoms with Crippen LogP contribution in [0.4, 0.5) is 0 Å². The molecule has 1 N–H and O–H groups in total. The number of amides is 1. The standard InChI is InChI=1S/C12H20N4O2/c1-10-8-13-14-16(10)9-12(18)15-6-3-2-4-11(15)5-7-17/h8,11,17H,2-7,9H2,1H3. The molecule has 1 amide bonds. The average molecular weight is 252 g/mol. The lowest BCUT2D eigenvalue weighted by molar-refractivity contribution is -0.136. The van der Waals surface area contributed by atoms with Gasteiger partial charge in [0.15, 0.2) is 0 Å². The molecule has 0 bridgehead atoms. The highest BCUT2D eigenvalue weighted by molar-refractivity contribution is 5.76. The first kappa shape index (κ1) is 13.0. The summed E-state index contributed by atoms with van der Waals surface area (Å²) in [7, 11) is 0. The van der Waals surface area contributed by atoms with Gasteiger partial charge in [0.25, 0.3) is 0 Å². The van der Waals surface area contributed by atoms with E-state index in [1.54, 1.807) is 10.9 Å². The molecule has 0 aliphatic carbocycles. The van der Waals surface area contributed by atoms with Gasteiger partial charge in [-0.25, -0.2) is 4.68 Å². The fourth-order valence-corrected chi connectivity index (χ4v) is 2.46. The summed E-state index contributed by atoms with van der Waals surface area (Å²) in [5.74, 6) is 0.0711. The Balaban J connectivity index is 2.00. The predicted octanol–water partition coefficient (Wildman–Crippen LogP) is 0.350. The van der Waals surface area contributed by atoms with Gasteiger partial charge in [0.2, 0.25) is 5.91 Å². The van der Waals surface area contributed by atoms with Gasteiger partial charge in [-0.15, -0.1) is 5.10 Å². The maximum Gasteiger partial charge on any atom is 0.244 e. The van der Waals surface area contributed by atoms with Crippen molar-refractivity contribution in [3.8, 4) is 0 Å². The molecule has 0 aromatic carbocycles. The summed E-state index contributed by atoms with van der Waals surface area (Å²) >= 11 is 0. The largest absolute Gasteiger partial charge is 0.396 e. The van der Waals surface area contributed by atoms with Gasteiger partial charge in [0.05, 0.1) is 11.9 Å². The molecule has 1 saturated heterocycles. The number of aliphatic hydroxyl groups excluding tert-OH is 1. The zero-order valence-corrected chi connectivity index (χ0v) is 10.7. The lowest BCUT2D eigenvalue weighted by Gasteiger charge is -2.35. The minimum absolute atomic E-state index is 0.0711. The summed E-state index contributed by atoms with van der Waals surface area (Å²) in [6.45, 7) is 3.05. The lowest BCUT2D eigenvalue weighted by Crippen LogP contribution is -2.45. The molecule has 6 nitrogen and oxygen atoms in total. The molecule has 0 saturated carbocycles. The van der Waals surface area contributed by atoms with Crippen LogP contribution in [0.25, 0.3) is 0 Å². The Morgan fingerprint density at radius 1 is 1.56 bits per heavy atom. The summed E-state index contributed by atoms with van der Waals surface area (Å²) in [5, 5.41) is 16.7. The monoisotopic (exact) mass is 252 g/mol. The lowest BCUT2D eigenvalue weighted by atomic mass is 9.99. The van der Waals surface area contributed by atoms with Crippen LogP contribution < -0.4 is 0 Å². The fraction of sp³-hybridized carbons (Fsp3) is 0.750. The van der Waals surface area contributed by atoms with Crippen molar-refractivity contribution in [1.29, 1.82) is 0 Å². The number of hydrogen-bond donors (Lipinski definition) is 1. The van der Waals surface area contributed by atoms with Crippen LogP contribution in [0.2, 0.25) is 0 Å². The Kier molecular flexibility index (Phi) is 4.30. The molecule has 1 aromatic rings. The van der Waals surface area contributed by atoms with Gasteiger partial charge in [-0.2, -0.15) is 0 Å². The molecule has 1 atom stereocenters. The number of nitrogens with zero attached hydrogens (tertiary/aromatic N) is 4. The second kappa shape index (κ2) is 5.95. The van der Waals surface area contributed by atoms with E-state index in [1.807, 2.05) is 11.8 Å². The van der Waals surface area contributed by atoms with Crippen LogP contribution >= 0.6 is 0 Å². The molecule has 6 heteroatoms. The zero-order chi connectivity index (χ0) is 13.0. The molecular formula is C12H20N4O2. The molecule has 1 aromatic heterocycles. The van der Waals surface area contributed by atoms with Crippen molar-refractivity contribution < 1.29 is 9.90 Å². The zero-order valence-electron chi connectivity index (χ0n) is 10.7. The van der Waals surface area contributed by atoms with E-state index in [1.165, 1.54) is 0 Å². The summed E-state index contributed by atoms with van der Waals surface area (Å²) < 4.78 is 1.62. The first-order valence-corrected chi connectivity index (χ1v) is 6.48. The summed E-state index contributed by atoms with van der Waals surface area (Å²) in [5.41, 5.74) is 0.888. The van der Waals surface area contributed by atoms with Crippen molar-refractivity contribution in [2.24, 2.45) is 0 Å². The van der Waals surface area contributed by atoms with Crippen LogP contribution in [-0.4, -0.2) is 50.1 Å². The van der Waals surface area contributed by atoms with Crippen LogP contribution in [0.3, 0.4) is 0 Å². The minimum atomic E-state index is 0.0711. The molecule has 0 radical (unpaired) electrons. The van der Waals surface area contributed by atoms with E-state index in [-0.39, 0.29) is 25.1 Å². The molecule has 1 aliphatic rings. The van der Waals surface area contributed by atoms with Crippen LogP contribution in [0, 0.1) is 6.92 Å². The molecule has 100 valence electrons. The van der Waals surface area contributed by atoms with Crippen molar-refractivity contribution in [2.75, 3.05) is 13.2 Å². The molecule has 18 heavy (non-hydrogen) atoms. The van der Waals surface area contributed by atoms with Gasteiger partial charge < -0.3 is 10.0 Å². The topological polar surface area (TPSA) is 71.2 Å². The van der Waals surface area contributed by atoms with E-state index in [0.717, 1.165) is 31.5 Å². The predicted molar refractivity (Wildman–Crippen MR) is 65.8 cm³/mol. The number of rotatable bonds is 4. The van der Waals surface area contributed by atoms with Crippen molar-refractivity contribution in [3.63, 3.8) is 0 Å². The quantitative estimate of drug-likeness (QED) is 0.839. The number of aliphatic hydroxyl groups is 1. The SMILES string of the molecule is Cc1cnnn1CC(=O)N1CCCCC1CCO. The third kappa shape index (κ3) is 2.87. The number of carbonyl (C=O) groups is 1. The summed E-state index contributed by atoms with van der Waals surface area (Å²) in [4.78, 5) is 14.1. The molecule has 1 aliphatic heterocycles. The maximum absolute atomic E-state index is 12.3. The van der Waals surface area contributed by atoms with E-state index >= 15 is 0 Å². The summed E-state index contributed by atoms with van der Waals surface area (Å²) in [6.07, 6.45) is 5.49. The van der Waals surface area contributed by atoms with Crippen LogP contribution in [-0.2, 0) is 11.3 Å². The van der Waals surface area contributed by atoms with Crippen LogP contribution in [0.5, 0.6) is 0 Å². The Bertz CT molecular complexity index is 403. The molecule has 2 rings (SSSR count). The second-order valence-corrected chi connectivity index (χ2v) is 4.78. The molecule has 1 fully saturated rings. The highest BCUT2D eigenvalue weighted by Crippen LogP contribution is 2.19. The number of likely N-dealkylation sites (tertiary alicyclic amines) is 1. The smallest absolute Gasteiger partial charge is 0.244 e. The number of aromatic nitrogens is 3. The van der Waals surface area contributed by atoms with Crippen molar-refractivity contribution in [3.05, 3.63) is 11.9 Å². The maximum atomic E-state index is 12.3. The van der Waals surface area contributed by atoms with Crippen LogP contribution in [0.1, 0.15) is 31.4 Å². The first-order valence-electron chi connectivity index (χ1n) is 6.48. The van der Waals surface area contributed by atoms with E-state index in [2.05, 4.69) is 10.3 Å². The Morgan fingerprint density at radius 3 is 3.06 bits per heavy atom. The number of hydrogen-bond acceptors (Lipinski definition) is 4. The average Bonchev–Trinajstić information content (AvgIpc) is 2.76. The minimum Gasteiger partial charge on any atom is -0.396 e. The van der Waals surface area contributed by atoms with Crippen molar-refractivity contribution >= 4 is 5.91 Å². The Morgan fingerprint density at radius 2 is 2.39 bits per heavy atom. The van der Waals surface area contributed by atoms with Gasteiger partial charge in [-0.3, -0.25) is 4.79 Å². The van der Waals surface area contributed by atoms with E-state index < -0.39 is 0 Å². The van der Waals surface area contributed by atoms with E-state index in [0.29, 0.717) is 6.42 Å². The van der Waals surface area contributed by atoms with Crippen molar-refractivity contribution in [1.82, 2.24) is 19.9 Å². The Labute approximate surface area is 107 Å². The molecule has 2 heterocycles. The molecule has 1 unspecified atom stereocenters. The molecule has 0 spiro atoms. The van der Waals surface area contributed by atoms with E-state index in [4.69, 9.17) is 5.11 Å². The van der Waals surface area contributed by atoms with Gasteiger partial charge in [0, 0.05) is 19.2 Å². The number of piperidine rings is 1. The highest BCUT2D eigenvalue weighted by atomic mass is 16.3. The number of carbonyl (C=O) groups excluding carboxylic acids is 1. The summed E-state index contributed by atoms with van der Waals surface area (Å²) in [6, 6.07) is 0.181. The Hall–Kier alpha value is -1.43. The number of aryl methyl sites for hydroxylation is 1. The third-order valence-corrected chi connectivity index (χ3v) is 3.51. The van der Waals surface area contributed by atoms with Gasteiger partial charge in [-0.05, 0) is 32.6 Å².